The number of amides is 1. The van der Waals surface area contributed by atoms with Crippen LogP contribution in [-0.2, 0) is 9.53 Å². The molecule has 3 heterocycles. The van der Waals surface area contributed by atoms with Crippen LogP contribution in [0.15, 0.2) is 36.0 Å². The average molecular weight is 290 g/mol. The molecular formula is C13H14N4O2S. The van der Waals surface area contributed by atoms with Crippen molar-refractivity contribution >= 4 is 28.2 Å². The highest BCUT2D eigenvalue weighted by Crippen LogP contribution is 2.16. The SMILES string of the molecule is O=C(Nc1nccs1)[C@H]1CN(c2ccccn2)CCO1. The van der Waals surface area contributed by atoms with Gasteiger partial charge in [0.05, 0.1) is 13.2 Å². The summed E-state index contributed by atoms with van der Waals surface area (Å²) in [5.41, 5.74) is 0. The van der Waals surface area contributed by atoms with E-state index in [4.69, 9.17) is 4.74 Å². The normalized spacial score (nSPS) is 18.8. The lowest BCUT2D eigenvalue weighted by Gasteiger charge is -2.32. The van der Waals surface area contributed by atoms with Crippen LogP contribution in [0.5, 0.6) is 0 Å². The third-order valence-electron chi connectivity index (χ3n) is 2.99. The lowest BCUT2D eigenvalue weighted by molar-refractivity contribution is -0.128. The van der Waals surface area contributed by atoms with Gasteiger partial charge in [-0.25, -0.2) is 9.97 Å². The predicted octanol–water partition coefficient (Wildman–Crippen LogP) is 1.38. The maximum absolute atomic E-state index is 12.1. The van der Waals surface area contributed by atoms with E-state index in [1.807, 2.05) is 23.6 Å². The Morgan fingerprint density at radius 1 is 1.40 bits per heavy atom. The van der Waals surface area contributed by atoms with Crippen LogP contribution in [0.25, 0.3) is 0 Å². The van der Waals surface area contributed by atoms with Gasteiger partial charge in [0.15, 0.2) is 11.2 Å². The van der Waals surface area contributed by atoms with Crippen molar-refractivity contribution in [2.24, 2.45) is 0 Å². The van der Waals surface area contributed by atoms with E-state index in [1.165, 1.54) is 11.3 Å². The molecule has 3 rings (SSSR count). The minimum Gasteiger partial charge on any atom is -0.365 e. The Morgan fingerprint density at radius 3 is 3.10 bits per heavy atom. The van der Waals surface area contributed by atoms with Gasteiger partial charge in [-0.2, -0.15) is 0 Å². The van der Waals surface area contributed by atoms with Gasteiger partial charge in [0.1, 0.15) is 5.82 Å². The molecule has 1 amide bonds. The highest BCUT2D eigenvalue weighted by Gasteiger charge is 2.27. The Balaban J connectivity index is 1.64. The minimum absolute atomic E-state index is 0.166. The summed E-state index contributed by atoms with van der Waals surface area (Å²) in [7, 11) is 0. The number of aromatic nitrogens is 2. The Labute approximate surface area is 120 Å². The molecule has 6 nitrogen and oxygen atoms in total. The van der Waals surface area contributed by atoms with E-state index in [1.54, 1.807) is 12.4 Å². The molecule has 1 N–H and O–H groups in total. The zero-order chi connectivity index (χ0) is 13.8. The van der Waals surface area contributed by atoms with E-state index in [9.17, 15) is 4.79 Å². The van der Waals surface area contributed by atoms with E-state index in [0.29, 0.717) is 18.3 Å². The molecule has 0 radical (unpaired) electrons. The van der Waals surface area contributed by atoms with Gasteiger partial charge in [0.2, 0.25) is 0 Å². The van der Waals surface area contributed by atoms with E-state index in [2.05, 4.69) is 20.2 Å². The summed E-state index contributed by atoms with van der Waals surface area (Å²) >= 11 is 1.39. The molecule has 7 heteroatoms. The van der Waals surface area contributed by atoms with Gasteiger partial charge in [-0.1, -0.05) is 6.07 Å². The van der Waals surface area contributed by atoms with Crippen LogP contribution in [0.3, 0.4) is 0 Å². The quantitative estimate of drug-likeness (QED) is 0.925. The third kappa shape index (κ3) is 2.94. The van der Waals surface area contributed by atoms with Crippen molar-refractivity contribution in [3.05, 3.63) is 36.0 Å². The standard InChI is InChI=1S/C13H14N4O2S/c18-12(16-13-15-5-8-20-13)10-9-17(6-7-19-10)11-3-1-2-4-14-11/h1-5,8,10H,6-7,9H2,(H,15,16,18)/t10-/m1/s1. The van der Waals surface area contributed by atoms with Gasteiger partial charge in [-0.05, 0) is 12.1 Å². The topological polar surface area (TPSA) is 67.4 Å². The number of carbonyl (C=O) groups is 1. The fourth-order valence-corrected chi connectivity index (χ4v) is 2.56. The van der Waals surface area contributed by atoms with Crippen molar-refractivity contribution in [2.45, 2.75) is 6.10 Å². The van der Waals surface area contributed by atoms with Gasteiger partial charge in [0, 0.05) is 24.3 Å². The summed E-state index contributed by atoms with van der Waals surface area (Å²) in [6.07, 6.45) is 2.90. The first-order valence-corrected chi connectivity index (χ1v) is 7.19. The molecular weight excluding hydrogens is 276 g/mol. The number of rotatable bonds is 3. The molecule has 0 bridgehead atoms. The second kappa shape index (κ2) is 5.98. The number of anilines is 2. The molecule has 0 unspecified atom stereocenters. The van der Waals surface area contributed by atoms with E-state index >= 15 is 0 Å². The summed E-state index contributed by atoms with van der Waals surface area (Å²) < 4.78 is 5.54. The first-order chi connectivity index (χ1) is 9.83. The highest BCUT2D eigenvalue weighted by molar-refractivity contribution is 7.13. The maximum Gasteiger partial charge on any atom is 0.257 e. The van der Waals surface area contributed by atoms with Crippen LogP contribution >= 0.6 is 11.3 Å². The first kappa shape index (κ1) is 13.0. The molecule has 20 heavy (non-hydrogen) atoms. The maximum atomic E-state index is 12.1. The number of thiazole rings is 1. The van der Waals surface area contributed by atoms with Crippen LogP contribution in [0, 0.1) is 0 Å². The Kier molecular flexibility index (Phi) is 3.89. The van der Waals surface area contributed by atoms with Crippen LogP contribution in [0.2, 0.25) is 0 Å². The van der Waals surface area contributed by atoms with E-state index in [-0.39, 0.29) is 5.91 Å². The fourth-order valence-electron chi connectivity index (χ4n) is 2.03. The van der Waals surface area contributed by atoms with Crippen molar-refractivity contribution in [2.75, 3.05) is 29.9 Å². The third-order valence-corrected chi connectivity index (χ3v) is 3.68. The average Bonchev–Trinajstić information content (AvgIpc) is 3.01. The van der Waals surface area contributed by atoms with Gasteiger partial charge >= 0.3 is 0 Å². The second-order valence-corrected chi connectivity index (χ2v) is 5.21. The summed E-state index contributed by atoms with van der Waals surface area (Å²) in [6.45, 7) is 1.73. The van der Waals surface area contributed by atoms with Crippen molar-refractivity contribution in [3.8, 4) is 0 Å². The summed E-state index contributed by atoms with van der Waals surface area (Å²) in [4.78, 5) is 22.5. The summed E-state index contributed by atoms with van der Waals surface area (Å²) in [5.74, 6) is 0.698. The zero-order valence-electron chi connectivity index (χ0n) is 10.7. The fraction of sp³-hybridized carbons (Fsp3) is 0.308. The van der Waals surface area contributed by atoms with E-state index in [0.717, 1.165) is 12.4 Å². The largest absolute Gasteiger partial charge is 0.365 e. The van der Waals surface area contributed by atoms with Crippen molar-refractivity contribution in [1.82, 2.24) is 9.97 Å². The van der Waals surface area contributed by atoms with Crippen molar-refractivity contribution < 1.29 is 9.53 Å². The molecule has 0 spiro atoms. The Morgan fingerprint density at radius 2 is 2.35 bits per heavy atom. The van der Waals surface area contributed by atoms with Crippen molar-refractivity contribution in [1.29, 1.82) is 0 Å². The number of carbonyl (C=O) groups excluding carboxylic acids is 1. The van der Waals surface area contributed by atoms with Gasteiger partial charge in [0.25, 0.3) is 5.91 Å². The molecule has 0 saturated carbocycles. The summed E-state index contributed by atoms with van der Waals surface area (Å²) in [6, 6.07) is 5.74. The number of nitrogens with zero attached hydrogens (tertiary/aromatic N) is 3. The minimum atomic E-state index is -0.505. The Hall–Kier alpha value is -1.99. The Bertz CT molecular complexity index is 561. The number of pyridine rings is 1. The number of ether oxygens (including phenoxy) is 1. The molecule has 0 aromatic carbocycles. The molecule has 2 aromatic heterocycles. The number of morpholine rings is 1. The molecule has 1 atom stereocenters. The molecule has 1 fully saturated rings. The van der Waals surface area contributed by atoms with Crippen LogP contribution < -0.4 is 10.2 Å². The first-order valence-electron chi connectivity index (χ1n) is 6.31. The molecule has 1 aliphatic heterocycles. The molecule has 1 aliphatic rings. The molecule has 0 aliphatic carbocycles. The van der Waals surface area contributed by atoms with Crippen LogP contribution in [0.4, 0.5) is 10.9 Å². The van der Waals surface area contributed by atoms with Gasteiger partial charge in [-0.3, -0.25) is 10.1 Å². The summed E-state index contributed by atoms with van der Waals surface area (Å²) in [5, 5.41) is 5.17. The molecule has 104 valence electrons. The highest BCUT2D eigenvalue weighted by atomic mass is 32.1. The lowest BCUT2D eigenvalue weighted by Crippen LogP contribution is -2.48. The lowest BCUT2D eigenvalue weighted by atomic mass is 10.2. The van der Waals surface area contributed by atoms with Gasteiger partial charge < -0.3 is 9.64 Å². The molecule has 2 aromatic rings. The molecule has 1 saturated heterocycles. The van der Waals surface area contributed by atoms with Crippen LogP contribution in [-0.4, -0.2) is 41.7 Å². The van der Waals surface area contributed by atoms with Gasteiger partial charge in [-0.15, -0.1) is 11.3 Å². The smallest absolute Gasteiger partial charge is 0.257 e. The number of hydrogen-bond acceptors (Lipinski definition) is 6. The predicted molar refractivity (Wildman–Crippen MR) is 76.9 cm³/mol. The zero-order valence-corrected chi connectivity index (χ0v) is 11.5. The second-order valence-electron chi connectivity index (χ2n) is 4.32. The number of hydrogen-bond donors (Lipinski definition) is 1. The van der Waals surface area contributed by atoms with Crippen LogP contribution in [0.1, 0.15) is 0 Å². The number of nitrogens with one attached hydrogen (secondary N) is 1. The van der Waals surface area contributed by atoms with Crippen molar-refractivity contribution in [3.63, 3.8) is 0 Å². The monoisotopic (exact) mass is 290 g/mol. The van der Waals surface area contributed by atoms with E-state index < -0.39 is 6.10 Å².